The first-order chi connectivity index (χ1) is 14.1. The molecule has 0 aliphatic heterocycles. The Labute approximate surface area is 171 Å². The second kappa shape index (κ2) is 8.12. The lowest BCUT2D eigenvalue weighted by molar-refractivity contribution is -0.131. The van der Waals surface area contributed by atoms with Gasteiger partial charge in [-0.05, 0) is 24.5 Å². The van der Waals surface area contributed by atoms with Crippen LogP contribution in [0.5, 0.6) is 11.5 Å². The summed E-state index contributed by atoms with van der Waals surface area (Å²) in [5.41, 5.74) is 1.48. The standard InChI is InChI=1S/C22H17N3O3S/c1-14-13-29-22(24-14)25-20-11-19(16(12-23-20)9-10-21(26)27)28-18-8-4-6-15-5-2-3-7-17(15)18/h2-13H,1H3,(H,26,27)(H,23,24,25). The van der Waals surface area contributed by atoms with E-state index in [4.69, 9.17) is 9.84 Å². The van der Waals surface area contributed by atoms with E-state index in [9.17, 15) is 4.79 Å². The number of benzene rings is 2. The Morgan fingerprint density at radius 3 is 2.79 bits per heavy atom. The Morgan fingerprint density at radius 1 is 1.17 bits per heavy atom. The molecule has 29 heavy (non-hydrogen) atoms. The van der Waals surface area contributed by atoms with Crippen molar-refractivity contribution in [1.29, 1.82) is 0 Å². The van der Waals surface area contributed by atoms with E-state index in [-0.39, 0.29) is 0 Å². The van der Waals surface area contributed by atoms with E-state index in [0.29, 0.717) is 22.9 Å². The van der Waals surface area contributed by atoms with E-state index in [2.05, 4.69) is 15.3 Å². The van der Waals surface area contributed by atoms with Crippen molar-refractivity contribution in [2.75, 3.05) is 5.32 Å². The van der Waals surface area contributed by atoms with Crippen LogP contribution in [0.3, 0.4) is 0 Å². The van der Waals surface area contributed by atoms with Gasteiger partial charge in [-0.3, -0.25) is 0 Å². The lowest BCUT2D eigenvalue weighted by Gasteiger charge is -2.13. The van der Waals surface area contributed by atoms with Gasteiger partial charge in [0.05, 0.1) is 5.69 Å². The van der Waals surface area contributed by atoms with E-state index < -0.39 is 5.97 Å². The van der Waals surface area contributed by atoms with E-state index in [1.54, 1.807) is 12.3 Å². The van der Waals surface area contributed by atoms with Crippen LogP contribution >= 0.6 is 11.3 Å². The molecular formula is C22H17N3O3S. The van der Waals surface area contributed by atoms with Crippen LogP contribution in [0.15, 0.2) is 66.2 Å². The SMILES string of the molecule is Cc1csc(Nc2cc(Oc3cccc4ccccc34)c(C=CC(=O)O)cn2)n1. The second-order valence-corrected chi connectivity index (χ2v) is 7.14. The highest BCUT2D eigenvalue weighted by Crippen LogP contribution is 2.33. The smallest absolute Gasteiger partial charge is 0.328 e. The number of nitrogens with zero attached hydrogens (tertiary/aromatic N) is 2. The molecule has 0 fully saturated rings. The van der Waals surface area contributed by atoms with Crippen LogP contribution in [0, 0.1) is 6.92 Å². The van der Waals surface area contributed by atoms with Gasteiger partial charge < -0.3 is 15.2 Å². The van der Waals surface area contributed by atoms with Gasteiger partial charge in [-0.2, -0.15) is 0 Å². The molecule has 2 heterocycles. The molecule has 7 heteroatoms. The molecule has 0 saturated heterocycles. The molecule has 0 unspecified atom stereocenters. The maximum absolute atomic E-state index is 11.0. The monoisotopic (exact) mass is 403 g/mol. The van der Waals surface area contributed by atoms with Crippen LogP contribution in [0.1, 0.15) is 11.3 Å². The number of rotatable bonds is 6. The highest BCUT2D eigenvalue weighted by Gasteiger charge is 2.10. The number of hydrogen-bond acceptors (Lipinski definition) is 6. The first-order valence-corrected chi connectivity index (χ1v) is 9.72. The van der Waals surface area contributed by atoms with Crippen molar-refractivity contribution in [2.24, 2.45) is 0 Å². The first-order valence-electron chi connectivity index (χ1n) is 8.84. The highest BCUT2D eigenvalue weighted by atomic mass is 32.1. The van der Waals surface area contributed by atoms with Crippen LogP contribution in [-0.2, 0) is 4.79 Å². The quantitative estimate of drug-likeness (QED) is 0.406. The first kappa shape index (κ1) is 18.6. The zero-order valence-corrected chi connectivity index (χ0v) is 16.3. The molecule has 2 aromatic carbocycles. The molecule has 0 spiro atoms. The third-order valence-corrected chi connectivity index (χ3v) is 5.00. The van der Waals surface area contributed by atoms with Crippen LogP contribution in [0.2, 0.25) is 0 Å². The van der Waals surface area contributed by atoms with Crippen LogP contribution < -0.4 is 10.1 Å². The number of carbonyl (C=O) groups is 1. The zero-order chi connectivity index (χ0) is 20.2. The van der Waals surface area contributed by atoms with Gasteiger partial charge >= 0.3 is 5.97 Å². The maximum Gasteiger partial charge on any atom is 0.328 e. The lowest BCUT2D eigenvalue weighted by atomic mass is 10.1. The number of pyridine rings is 1. The predicted molar refractivity (Wildman–Crippen MR) is 115 cm³/mol. The van der Waals surface area contributed by atoms with Crippen molar-refractivity contribution >= 4 is 45.1 Å². The fourth-order valence-electron chi connectivity index (χ4n) is 2.81. The predicted octanol–water partition coefficient (Wildman–Crippen LogP) is 5.63. The average molecular weight is 403 g/mol. The summed E-state index contributed by atoms with van der Waals surface area (Å²) in [6, 6.07) is 15.5. The maximum atomic E-state index is 11.0. The molecular weight excluding hydrogens is 386 g/mol. The van der Waals surface area contributed by atoms with E-state index >= 15 is 0 Å². The minimum atomic E-state index is -1.04. The van der Waals surface area contributed by atoms with Crippen molar-refractivity contribution < 1.29 is 14.6 Å². The number of thiazole rings is 1. The molecule has 0 aliphatic rings. The van der Waals surface area contributed by atoms with E-state index in [1.165, 1.54) is 17.4 Å². The van der Waals surface area contributed by atoms with E-state index in [0.717, 1.165) is 27.7 Å². The minimum Gasteiger partial charge on any atom is -0.478 e. The minimum absolute atomic E-state index is 0.490. The Morgan fingerprint density at radius 2 is 2.00 bits per heavy atom. The molecule has 4 rings (SSSR count). The summed E-state index contributed by atoms with van der Waals surface area (Å²) in [6.45, 7) is 1.92. The van der Waals surface area contributed by atoms with Gasteiger partial charge in [0.1, 0.15) is 17.3 Å². The Kier molecular flexibility index (Phi) is 5.22. The van der Waals surface area contributed by atoms with Crippen molar-refractivity contribution in [1.82, 2.24) is 9.97 Å². The normalized spacial score (nSPS) is 11.1. The summed E-state index contributed by atoms with van der Waals surface area (Å²) in [6.07, 6.45) is 4.10. The van der Waals surface area contributed by atoms with Crippen LogP contribution in [0.4, 0.5) is 10.9 Å². The summed E-state index contributed by atoms with van der Waals surface area (Å²) < 4.78 is 6.20. The number of nitrogens with one attached hydrogen (secondary N) is 1. The molecule has 6 nitrogen and oxygen atoms in total. The summed E-state index contributed by atoms with van der Waals surface area (Å²) in [7, 11) is 0. The molecule has 4 aromatic rings. The third kappa shape index (κ3) is 4.41. The summed E-state index contributed by atoms with van der Waals surface area (Å²) in [5.74, 6) is 0.684. The molecule has 144 valence electrons. The zero-order valence-electron chi connectivity index (χ0n) is 15.5. The number of hydrogen-bond donors (Lipinski definition) is 2. The fraction of sp³-hybridized carbons (Fsp3) is 0.0455. The number of carboxylic acid groups (broad SMARTS) is 1. The molecule has 0 radical (unpaired) electrons. The van der Waals surface area contributed by atoms with Crippen molar-refractivity contribution in [3.8, 4) is 11.5 Å². The van der Waals surface area contributed by atoms with Crippen molar-refractivity contribution in [3.05, 3.63) is 77.4 Å². The third-order valence-electron chi connectivity index (χ3n) is 4.12. The fourth-order valence-corrected chi connectivity index (χ4v) is 3.51. The molecule has 0 amide bonds. The summed E-state index contributed by atoms with van der Waals surface area (Å²) in [4.78, 5) is 19.7. The van der Waals surface area contributed by atoms with Crippen molar-refractivity contribution in [2.45, 2.75) is 6.92 Å². The second-order valence-electron chi connectivity index (χ2n) is 6.28. The van der Waals surface area contributed by atoms with Gasteiger partial charge in [0.25, 0.3) is 0 Å². The van der Waals surface area contributed by atoms with Gasteiger partial charge in [0, 0.05) is 34.7 Å². The van der Waals surface area contributed by atoms with E-state index in [1.807, 2.05) is 54.8 Å². The molecule has 0 aliphatic carbocycles. The summed E-state index contributed by atoms with van der Waals surface area (Å²) >= 11 is 1.48. The van der Waals surface area contributed by atoms with Gasteiger partial charge in [0.2, 0.25) is 0 Å². The molecule has 0 saturated carbocycles. The molecule has 0 bridgehead atoms. The number of ether oxygens (including phenoxy) is 1. The van der Waals surface area contributed by atoms with Gasteiger partial charge in [0.15, 0.2) is 5.13 Å². The molecule has 2 aromatic heterocycles. The Balaban J connectivity index is 1.73. The largest absolute Gasteiger partial charge is 0.478 e. The lowest BCUT2D eigenvalue weighted by Crippen LogP contribution is -1.97. The number of aliphatic carboxylic acids is 1. The topological polar surface area (TPSA) is 84.3 Å². The van der Waals surface area contributed by atoms with Crippen molar-refractivity contribution in [3.63, 3.8) is 0 Å². The van der Waals surface area contributed by atoms with Crippen LogP contribution in [0.25, 0.3) is 16.8 Å². The number of aromatic nitrogens is 2. The number of anilines is 2. The van der Waals surface area contributed by atoms with Crippen LogP contribution in [-0.4, -0.2) is 21.0 Å². The summed E-state index contributed by atoms with van der Waals surface area (Å²) in [5, 5.41) is 16.8. The average Bonchev–Trinajstić information content (AvgIpc) is 3.12. The molecule has 0 atom stereocenters. The highest BCUT2D eigenvalue weighted by molar-refractivity contribution is 7.13. The van der Waals surface area contributed by atoms with Gasteiger partial charge in [-0.15, -0.1) is 11.3 Å². The number of carboxylic acids is 1. The molecule has 2 N–H and O–H groups in total. The number of fused-ring (bicyclic) bond motifs is 1. The Hall–Kier alpha value is -3.71. The number of aryl methyl sites for hydroxylation is 1. The van der Waals surface area contributed by atoms with Gasteiger partial charge in [-0.25, -0.2) is 14.8 Å². The van der Waals surface area contributed by atoms with Gasteiger partial charge in [-0.1, -0.05) is 36.4 Å². The Bertz CT molecular complexity index is 1210.